The third-order valence-corrected chi connectivity index (χ3v) is 15.3. The lowest BCUT2D eigenvalue weighted by molar-refractivity contribution is 0.660. The lowest BCUT2D eigenvalue weighted by atomic mass is 9.70. The Morgan fingerprint density at radius 2 is 0.646 bits per heavy atom. The average molecular weight is 826 g/mol. The fraction of sp³-hybridized carbons (Fsp3) is 0.0625. The van der Waals surface area contributed by atoms with Crippen molar-refractivity contribution in [3.63, 3.8) is 0 Å². The molecule has 0 aliphatic heterocycles. The second kappa shape index (κ2) is 13.3. The van der Waals surface area contributed by atoms with Crippen molar-refractivity contribution in [2.45, 2.75) is 24.7 Å². The average Bonchev–Trinajstić information content (AvgIpc) is 3.92. The molecule has 0 bridgehead atoms. The molecule has 0 radical (unpaired) electrons. The van der Waals surface area contributed by atoms with Gasteiger partial charge in [0.25, 0.3) is 0 Å². The maximum Gasteiger partial charge on any atom is 0.0725 e. The summed E-state index contributed by atoms with van der Waals surface area (Å²) < 4.78 is 0. The molecule has 0 saturated carbocycles. The van der Waals surface area contributed by atoms with Crippen LogP contribution >= 0.6 is 0 Å². The molecule has 304 valence electrons. The molecule has 3 aliphatic rings. The van der Waals surface area contributed by atoms with Gasteiger partial charge in [-0.15, -0.1) is 0 Å². The monoisotopic (exact) mass is 825 g/mol. The smallest absolute Gasteiger partial charge is 0.0725 e. The zero-order valence-corrected chi connectivity index (χ0v) is 36.3. The van der Waals surface area contributed by atoms with Gasteiger partial charge in [-0.25, -0.2) is 0 Å². The highest BCUT2D eigenvalue weighted by atomic mass is 15.1. The summed E-state index contributed by atoms with van der Waals surface area (Å²) in [4.78, 5) is 2.47. The van der Waals surface area contributed by atoms with Crippen LogP contribution in [0.2, 0.25) is 0 Å². The first-order chi connectivity index (χ1) is 32.0. The molecule has 3 aliphatic carbocycles. The largest absolute Gasteiger partial charge is 0.310 e. The molecule has 0 atom stereocenters. The highest BCUT2D eigenvalue weighted by molar-refractivity contribution is 6.25. The van der Waals surface area contributed by atoms with Gasteiger partial charge in [-0.05, 0) is 153 Å². The van der Waals surface area contributed by atoms with Gasteiger partial charge in [0.1, 0.15) is 0 Å². The minimum absolute atomic E-state index is 0.124. The first-order valence-corrected chi connectivity index (χ1v) is 22.9. The Kier molecular flexibility index (Phi) is 7.45. The highest BCUT2D eigenvalue weighted by Gasteiger charge is 2.51. The number of anilines is 3. The van der Waals surface area contributed by atoms with Gasteiger partial charge in [0.2, 0.25) is 0 Å². The molecule has 1 heteroatoms. The van der Waals surface area contributed by atoms with Crippen molar-refractivity contribution in [1.29, 1.82) is 0 Å². The number of rotatable bonds is 4. The third-order valence-electron chi connectivity index (χ3n) is 15.3. The van der Waals surface area contributed by atoms with Crippen LogP contribution in [0.3, 0.4) is 0 Å². The Labute approximate surface area is 379 Å². The number of benzene rings is 11. The van der Waals surface area contributed by atoms with Crippen LogP contribution < -0.4 is 4.90 Å². The third kappa shape index (κ3) is 4.88. The van der Waals surface area contributed by atoms with E-state index >= 15 is 0 Å². The van der Waals surface area contributed by atoms with Crippen molar-refractivity contribution in [1.82, 2.24) is 0 Å². The van der Waals surface area contributed by atoms with Gasteiger partial charge < -0.3 is 4.90 Å². The standard InChI is InChI=1S/C64H43N/c1-63(2)57-23-11-7-19-50(57)54-36-33-44(39-61(54)63)65(43-32-35-49-47-17-4-3-15-45(47)46-16-5-6-18-48(46)56(49)38-43)42-30-27-40(28-31-42)41-29-34-55-53-22-10-14-26-60(53)64(62(55)37-41)58-24-12-8-20-51(58)52-21-9-13-25-59(52)64/h3-39H,1-2H3. The van der Waals surface area contributed by atoms with Crippen LogP contribution in [-0.2, 0) is 10.8 Å². The topological polar surface area (TPSA) is 3.24 Å². The summed E-state index contributed by atoms with van der Waals surface area (Å²) >= 11 is 0. The highest BCUT2D eigenvalue weighted by Crippen LogP contribution is 2.63. The molecule has 0 amide bonds. The van der Waals surface area contributed by atoms with Crippen molar-refractivity contribution in [2.75, 3.05) is 4.90 Å². The van der Waals surface area contributed by atoms with Gasteiger partial charge in [-0.3, -0.25) is 0 Å². The summed E-state index contributed by atoms with van der Waals surface area (Å²) in [6, 6.07) is 84.5. The Hall–Kier alpha value is -8.00. The molecule has 1 nitrogen and oxygen atoms in total. The van der Waals surface area contributed by atoms with E-state index < -0.39 is 0 Å². The van der Waals surface area contributed by atoms with Crippen LogP contribution in [0.5, 0.6) is 0 Å². The maximum atomic E-state index is 2.49. The van der Waals surface area contributed by atoms with Crippen LogP contribution in [0, 0.1) is 0 Å². The summed E-state index contributed by atoms with van der Waals surface area (Å²) in [5.41, 5.74) is 21.5. The predicted molar refractivity (Wildman–Crippen MR) is 273 cm³/mol. The van der Waals surface area contributed by atoms with Crippen LogP contribution in [-0.4, -0.2) is 0 Å². The van der Waals surface area contributed by atoms with Gasteiger partial charge in [-0.2, -0.15) is 0 Å². The fourth-order valence-corrected chi connectivity index (χ4v) is 12.4. The zero-order chi connectivity index (χ0) is 43.0. The Balaban J connectivity index is 0.942. The molecule has 0 aromatic heterocycles. The van der Waals surface area contributed by atoms with E-state index in [4.69, 9.17) is 0 Å². The van der Waals surface area contributed by atoms with E-state index in [-0.39, 0.29) is 10.8 Å². The first-order valence-electron chi connectivity index (χ1n) is 22.9. The van der Waals surface area contributed by atoms with E-state index in [0.29, 0.717) is 0 Å². The van der Waals surface area contributed by atoms with Gasteiger partial charge in [0, 0.05) is 22.5 Å². The molecule has 0 N–H and O–H groups in total. The van der Waals surface area contributed by atoms with E-state index in [1.807, 2.05) is 0 Å². The fourth-order valence-electron chi connectivity index (χ4n) is 12.4. The number of nitrogens with zero attached hydrogens (tertiary/aromatic N) is 1. The second-order valence-electron chi connectivity index (χ2n) is 18.8. The van der Waals surface area contributed by atoms with Gasteiger partial charge in [0.15, 0.2) is 0 Å². The van der Waals surface area contributed by atoms with E-state index in [0.717, 1.165) is 17.1 Å². The van der Waals surface area contributed by atoms with Crippen LogP contribution in [0.25, 0.3) is 76.8 Å². The molecule has 11 aromatic carbocycles. The quantitative estimate of drug-likeness (QED) is 0.160. The maximum absolute atomic E-state index is 2.49. The summed E-state index contributed by atoms with van der Waals surface area (Å²) in [5, 5.41) is 7.66. The molecule has 0 saturated heterocycles. The normalized spacial score (nSPS) is 14.2. The molecule has 11 aromatic rings. The van der Waals surface area contributed by atoms with Crippen molar-refractivity contribution in [2.24, 2.45) is 0 Å². The molecular formula is C64H43N. The van der Waals surface area contributed by atoms with E-state index in [9.17, 15) is 0 Å². The minimum Gasteiger partial charge on any atom is -0.310 e. The molecular weight excluding hydrogens is 783 g/mol. The van der Waals surface area contributed by atoms with Crippen molar-refractivity contribution in [3.05, 3.63) is 258 Å². The first kappa shape index (κ1) is 36.5. The lowest BCUT2D eigenvalue weighted by Crippen LogP contribution is -2.25. The summed E-state index contributed by atoms with van der Waals surface area (Å²) in [6.07, 6.45) is 0. The summed E-state index contributed by atoms with van der Waals surface area (Å²) in [6.45, 7) is 4.74. The van der Waals surface area contributed by atoms with E-state index in [1.54, 1.807) is 0 Å². The van der Waals surface area contributed by atoms with Crippen LogP contribution in [0.1, 0.15) is 47.2 Å². The number of hydrogen-bond acceptors (Lipinski definition) is 1. The van der Waals surface area contributed by atoms with Gasteiger partial charge >= 0.3 is 0 Å². The van der Waals surface area contributed by atoms with Gasteiger partial charge in [-0.1, -0.05) is 196 Å². The molecule has 65 heavy (non-hydrogen) atoms. The van der Waals surface area contributed by atoms with Gasteiger partial charge in [0.05, 0.1) is 5.41 Å². The van der Waals surface area contributed by atoms with Crippen molar-refractivity contribution >= 4 is 49.4 Å². The summed E-state index contributed by atoms with van der Waals surface area (Å²) in [5.74, 6) is 0. The molecule has 0 unspecified atom stereocenters. The van der Waals surface area contributed by atoms with E-state index in [2.05, 4.69) is 243 Å². The minimum atomic E-state index is -0.377. The lowest BCUT2D eigenvalue weighted by Gasteiger charge is -2.30. The number of fused-ring (bicyclic) bond motifs is 19. The second-order valence-corrected chi connectivity index (χ2v) is 18.8. The van der Waals surface area contributed by atoms with Crippen molar-refractivity contribution < 1.29 is 0 Å². The zero-order valence-electron chi connectivity index (χ0n) is 36.3. The Morgan fingerprint density at radius 3 is 1.23 bits per heavy atom. The molecule has 1 spiro atoms. The van der Waals surface area contributed by atoms with Crippen LogP contribution in [0.15, 0.2) is 224 Å². The molecule has 0 heterocycles. The number of hydrogen-bond donors (Lipinski definition) is 0. The SMILES string of the molecule is CC1(C)c2ccccc2-c2ccc(N(c3ccc(-c4ccc5c(c4)C4(c6ccccc6-c6ccccc64)c4ccccc4-5)cc3)c3ccc4c5ccccc5c5ccccc5c4c3)cc21. The van der Waals surface area contributed by atoms with Crippen LogP contribution in [0.4, 0.5) is 17.1 Å². The Bertz CT molecular complexity index is 3710. The molecule has 0 fully saturated rings. The predicted octanol–water partition coefficient (Wildman–Crippen LogP) is 16.9. The van der Waals surface area contributed by atoms with E-state index in [1.165, 1.54) is 110 Å². The Morgan fingerprint density at radius 1 is 0.262 bits per heavy atom. The summed E-state index contributed by atoms with van der Waals surface area (Å²) in [7, 11) is 0. The molecule has 14 rings (SSSR count). The van der Waals surface area contributed by atoms with Crippen molar-refractivity contribution in [3.8, 4) is 44.5 Å².